The van der Waals surface area contributed by atoms with Crippen molar-refractivity contribution in [1.82, 2.24) is 5.43 Å². The standard InChI is InChI=1S/C16H18N2O4S/c1-10-5-6-23-15(10)16(19)18-17-9-11-7-12(20-2)14(22-4)13(8-11)21-3/h5-9H,1-4H3,(H,18,19)/b17-9+. The molecule has 0 aliphatic heterocycles. The molecule has 0 aliphatic rings. The van der Waals surface area contributed by atoms with Crippen LogP contribution in [0, 0.1) is 6.92 Å². The number of carbonyl (C=O) groups excluding carboxylic acids is 1. The monoisotopic (exact) mass is 334 g/mol. The molecule has 0 saturated carbocycles. The van der Waals surface area contributed by atoms with Gasteiger partial charge in [-0.15, -0.1) is 11.3 Å². The van der Waals surface area contributed by atoms with Crippen LogP contribution in [0.4, 0.5) is 0 Å². The van der Waals surface area contributed by atoms with Crippen molar-refractivity contribution in [2.75, 3.05) is 21.3 Å². The molecule has 23 heavy (non-hydrogen) atoms. The summed E-state index contributed by atoms with van der Waals surface area (Å²) in [4.78, 5) is 12.6. The number of aryl methyl sites for hydroxylation is 1. The summed E-state index contributed by atoms with van der Waals surface area (Å²) in [6, 6.07) is 5.38. The third-order valence-corrected chi connectivity index (χ3v) is 4.15. The fourth-order valence-corrected chi connectivity index (χ4v) is 2.81. The van der Waals surface area contributed by atoms with Crippen molar-refractivity contribution in [3.8, 4) is 17.2 Å². The van der Waals surface area contributed by atoms with E-state index >= 15 is 0 Å². The summed E-state index contributed by atoms with van der Waals surface area (Å²) in [6.07, 6.45) is 1.52. The summed E-state index contributed by atoms with van der Waals surface area (Å²) in [5, 5.41) is 5.84. The van der Waals surface area contributed by atoms with E-state index in [0.717, 1.165) is 5.56 Å². The predicted octanol–water partition coefficient (Wildman–Crippen LogP) is 2.85. The van der Waals surface area contributed by atoms with E-state index in [-0.39, 0.29) is 5.91 Å². The lowest BCUT2D eigenvalue weighted by molar-refractivity contribution is 0.0958. The third-order valence-electron chi connectivity index (χ3n) is 3.14. The quantitative estimate of drug-likeness (QED) is 0.651. The highest BCUT2D eigenvalue weighted by Crippen LogP contribution is 2.37. The molecular formula is C16H18N2O4S. The molecule has 0 fully saturated rings. The SMILES string of the molecule is COc1cc(/C=N/NC(=O)c2sccc2C)cc(OC)c1OC. The first-order valence-electron chi connectivity index (χ1n) is 6.78. The summed E-state index contributed by atoms with van der Waals surface area (Å²) in [5.41, 5.74) is 4.14. The lowest BCUT2D eigenvalue weighted by Crippen LogP contribution is -2.17. The van der Waals surface area contributed by atoms with Crippen LogP contribution in [0.2, 0.25) is 0 Å². The van der Waals surface area contributed by atoms with Crippen LogP contribution in [0.3, 0.4) is 0 Å². The van der Waals surface area contributed by atoms with Gasteiger partial charge in [0, 0.05) is 5.56 Å². The second-order valence-electron chi connectivity index (χ2n) is 4.59. The minimum Gasteiger partial charge on any atom is -0.493 e. The van der Waals surface area contributed by atoms with Gasteiger partial charge in [0.2, 0.25) is 5.75 Å². The lowest BCUT2D eigenvalue weighted by Gasteiger charge is -2.12. The highest BCUT2D eigenvalue weighted by Gasteiger charge is 2.12. The van der Waals surface area contributed by atoms with Gasteiger partial charge in [-0.25, -0.2) is 5.43 Å². The molecule has 0 spiro atoms. The normalized spacial score (nSPS) is 10.6. The Bertz CT molecular complexity index is 700. The zero-order valence-electron chi connectivity index (χ0n) is 13.4. The van der Waals surface area contributed by atoms with Gasteiger partial charge in [0.05, 0.1) is 32.4 Å². The molecule has 1 N–H and O–H groups in total. The molecule has 0 atom stereocenters. The van der Waals surface area contributed by atoms with Gasteiger partial charge in [0.25, 0.3) is 5.91 Å². The van der Waals surface area contributed by atoms with Crippen LogP contribution in [0.1, 0.15) is 20.8 Å². The molecule has 0 saturated heterocycles. The van der Waals surface area contributed by atoms with Crippen LogP contribution >= 0.6 is 11.3 Å². The van der Waals surface area contributed by atoms with Gasteiger partial charge in [-0.2, -0.15) is 5.10 Å². The number of benzene rings is 1. The van der Waals surface area contributed by atoms with E-state index in [2.05, 4.69) is 10.5 Å². The van der Waals surface area contributed by atoms with Crippen LogP contribution in [-0.2, 0) is 0 Å². The van der Waals surface area contributed by atoms with Gasteiger partial charge in [-0.3, -0.25) is 4.79 Å². The van der Waals surface area contributed by atoms with Crippen LogP contribution in [0.5, 0.6) is 17.2 Å². The van der Waals surface area contributed by atoms with Crippen molar-refractivity contribution in [2.24, 2.45) is 5.10 Å². The average molecular weight is 334 g/mol. The molecule has 0 aliphatic carbocycles. The van der Waals surface area contributed by atoms with Crippen molar-refractivity contribution in [1.29, 1.82) is 0 Å². The van der Waals surface area contributed by atoms with Crippen molar-refractivity contribution in [2.45, 2.75) is 6.92 Å². The van der Waals surface area contributed by atoms with Crippen molar-refractivity contribution >= 4 is 23.5 Å². The van der Waals surface area contributed by atoms with E-state index in [9.17, 15) is 4.79 Å². The average Bonchev–Trinajstić information content (AvgIpc) is 2.99. The highest BCUT2D eigenvalue weighted by molar-refractivity contribution is 7.12. The second-order valence-corrected chi connectivity index (χ2v) is 5.51. The van der Waals surface area contributed by atoms with Gasteiger partial charge < -0.3 is 14.2 Å². The number of methoxy groups -OCH3 is 3. The first-order valence-corrected chi connectivity index (χ1v) is 7.66. The molecule has 1 aromatic heterocycles. The number of rotatable bonds is 6. The summed E-state index contributed by atoms with van der Waals surface area (Å²) >= 11 is 1.38. The molecule has 1 aromatic carbocycles. The van der Waals surface area contributed by atoms with E-state index in [1.807, 2.05) is 18.4 Å². The van der Waals surface area contributed by atoms with E-state index in [1.165, 1.54) is 24.7 Å². The van der Waals surface area contributed by atoms with Crippen LogP contribution in [0.15, 0.2) is 28.7 Å². The fourth-order valence-electron chi connectivity index (χ4n) is 2.00. The predicted molar refractivity (Wildman–Crippen MR) is 90.2 cm³/mol. The zero-order chi connectivity index (χ0) is 16.8. The zero-order valence-corrected chi connectivity index (χ0v) is 14.2. The molecule has 0 radical (unpaired) electrons. The smallest absolute Gasteiger partial charge is 0.281 e. The summed E-state index contributed by atoms with van der Waals surface area (Å²) in [7, 11) is 4.62. The minimum absolute atomic E-state index is 0.235. The highest BCUT2D eigenvalue weighted by atomic mass is 32.1. The fraction of sp³-hybridized carbons (Fsp3) is 0.250. The Morgan fingerprint density at radius 2 is 1.83 bits per heavy atom. The van der Waals surface area contributed by atoms with Crippen molar-refractivity contribution < 1.29 is 19.0 Å². The van der Waals surface area contributed by atoms with Crippen molar-refractivity contribution in [3.05, 3.63) is 39.6 Å². The maximum absolute atomic E-state index is 12.0. The number of thiophene rings is 1. The number of hydrogen-bond donors (Lipinski definition) is 1. The van der Waals surface area contributed by atoms with Gasteiger partial charge in [0.1, 0.15) is 0 Å². The number of carbonyl (C=O) groups is 1. The Morgan fingerprint density at radius 1 is 1.17 bits per heavy atom. The topological polar surface area (TPSA) is 69.2 Å². The Balaban J connectivity index is 2.16. The molecule has 0 unspecified atom stereocenters. The van der Waals surface area contributed by atoms with E-state index in [4.69, 9.17) is 14.2 Å². The first kappa shape index (κ1) is 16.8. The number of hydrazone groups is 1. The first-order chi connectivity index (χ1) is 11.1. The Kier molecular flexibility index (Phi) is 5.59. The maximum atomic E-state index is 12.0. The Hall–Kier alpha value is -2.54. The number of nitrogens with one attached hydrogen (secondary N) is 1. The molecule has 1 amide bonds. The van der Waals surface area contributed by atoms with Gasteiger partial charge in [0.15, 0.2) is 11.5 Å². The molecule has 0 bridgehead atoms. The lowest BCUT2D eigenvalue weighted by atomic mass is 10.2. The summed E-state index contributed by atoms with van der Waals surface area (Å²) in [5.74, 6) is 1.31. The minimum atomic E-state index is -0.235. The second kappa shape index (κ2) is 7.64. The molecule has 7 heteroatoms. The largest absolute Gasteiger partial charge is 0.493 e. The summed E-state index contributed by atoms with van der Waals surface area (Å²) < 4.78 is 15.8. The molecule has 2 aromatic rings. The number of nitrogens with zero attached hydrogens (tertiary/aromatic N) is 1. The number of hydrogen-bond acceptors (Lipinski definition) is 6. The molecule has 2 rings (SSSR count). The van der Waals surface area contributed by atoms with Crippen LogP contribution in [0.25, 0.3) is 0 Å². The molecule has 1 heterocycles. The Morgan fingerprint density at radius 3 is 2.30 bits per heavy atom. The molecule has 6 nitrogen and oxygen atoms in total. The molecule has 122 valence electrons. The van der Waals surface area contributed by atoms with E-state index in [0.29, 0.717) is 27.7 Å². The molecular weight excluding hydrogens is 316 g/mol. The summed E-state index contributed by atoms with van der Waals surface area (Å²) in [6.45, 7) is 1.88. The number of amides is 1. The van der Waals surface area contributed by atoms with Crippen LogP contribution in [-0.4, -0.2) is 33.5 Å². The van der Waals surface area contributed by atoms with E-state index in [1.54, 1.807) is 26.4 Å². The van der Waals surface area contributed by atoms with E-state index < -0.39 is 0 Å². The number of ether oxygens (including phenoxy) is 3. The third kappa shape index (κ3) is 3.81. The Labute approximate surface area is 138 Å². The van der Waals surface area contributed by atoms with Gasteiger partial charge in [-0.1, -0.05) is 0 Å². The van der Waals surface area contributed by atoms with Gasteiger partial charge >= 0.3 is 0 Å². The van der Waals surface area contributed by atoms with Gasteiger partial charge in [-0.05, 0) is 36.1 Å². The van der Waals surface area contributed by atoms with Crippen LogP contribution < -0.4 is 19.6 Å². The maximum Gasteiger partial charge on any atom is 0.281 e. The van der Waals surface area contributed by atoms with Crippen molar-refractivity contribution in [3.63, 3.8) is 0 Å².